The molecular weight excluding hydrogens is 214 g/mol. The minimum Gasteiger partial charge on any atom is -0.497 e. The summed E-state index contributed by atoms with van der Waals surface area (Å²) in [5.74, 6) is 1.73. The molecule has 3 heteroatoms. The highest BCUT2D eigenvalue weighted by atomic mass is 16.5. The van der Waals surface area contributed by atoms with E-state index in [1.54, 1.807) is 7.11 Å². The molecule has 0 fully saturated rings. The fourth-order valence-electron chi connectivity index (χ4n) is 1.86. The van der Waals surface area contributed by atoms with Gasteiger partial charge < -0.3 is 14.8 Å². The zero-order chi connectivity index (χ0) is 12.7. The number of likely N-dealkylation sites (N-methyl/N-ethyl adjacent to an activating group) is 1. The highest BCUT2D eigenvalue weighted by Gasteiger charge is 2.15. The lowest BCUT2D eigenvalue weighted by atomic mass is 10.1. The molecule has 0 aromatic heterocycles. The number of benzene rings is 1. The Morgan fingerprint density at radius 2 is 1.71 bits per heavy atom. The van der Waals surface area contributed by atoms with E-state index < -0.39 is 0 Å². The first kappa shape index (κ1) is 13.8. The molecular formula is C14H23NO2. The Balaban J connectivity index is 2.56. The van der Waals surface area contributed by atoms with E-state index >= 15 is 0 Å². The molecule has 96 valence electrons. The third-order valence-corrected chi connectivity index (χ3v) is 2.85. The number of hydrogen-bond acceptors (Lipinski definition) is 3. The van der Waals surface area contributed by atoms with Gasteiger partial charge in [0, 0.05) is 6.04 Å². The molecule has 1 N–H and O–H groups in total. The van der Waals surface area contributed by atoms with Gasteiger partial charge in [-0.1, -0.05) is 13.8 Å². The van der Waals surface area contributed by atoms with Crippen molar-refractivity contribution in [1.29, 1.82) is 0 Å². The molecule has 3 nitrogen and oxygen atoms in total. The largest absolute Gasteiger partial charge is 0.497 e. The van der Waals surface area contributed by atoms with Crippen LogP contribution in [-0.4, -0.2) is 25.8 Å². The molecule has 0 aliphatic heterocycles. The number of methoxy groups -OCH3 is 1. The van der Waals surface area contributed by atoms with Crippen LogP contribution in [0.25, 0.3) is 0 Å². The Bertz CT molecular complexity index is 311. The van der Waals surface area contributed by atoms with Gasteiger partial charge in [0.25, 0.3) is 0 Å². The summed E-state index contributed by atoms with van der Waals surface area (Å²) >= 11 is 0. The van der Waals surface area contributed by atoms with Crippen molar-refractivity contribution in [3.8, 4) is 11.5 Å². The Hall–Kier alpha value is -1.22. The van der Waals surface area contributed by atoms with E-state index in [1.807, 2.05) is 24.3 Å². The van der Waals surface area contributed by atoms with Crippen molar-refractivity contribution in [2.45, 2.75) is 39.3 Å². The van der Waals surface area contributed by atoms with E-state index in [9.17, 15) is 0 Å². The summed E-state index contributed by atoms with van der Waals surface area (Å²) in [6.45, 7) is 7.35. The Kier molecular flexibility index (Phi) is 5.84. The van der Waals surface area contributed by atoms with Gasteiger partial charge in [-0.05, 0) is 44.2 Å². The third kappa shape index (κ3) is 4.27. The van der Waals surface area contributed by atoms with Crippen LogP contribution in [-0.2, 0) is 0 Å². The standard InChI is InChI=1S/C14H23NO2/c1-5-14(15-6-2)11(3)17-13-9-7-12(16-4)8-10-13/h7-11,14-15H,5-6H2,1-4H3. The molecule has 0 aliphatic carbocycles. The summed E-state index contributed by atoms with van der Waals surface area (Å²) < 4.78 is 11.0. The van der Waals surface area contributed by atoms with Crippen molar-refractivity contribution >= 4 is 0 Å². The second-order valence-electron chi connectivity index (χ2n) is 4.07. The monoisotopic (exact) mass is 237 g/mol. The van der Waals surface area contributed by atoms with Crippen LogP contribution < -0.4 is 14.8 Å². The maximum atomic E-state index is 5.90. The molecule has 1 rings (SSSR count). The lowest BCUT2D eigenvalue weighted by Crippen LogP contribution is -2.40. The molecule has 17 heavy (non-hydrogen) atoms. The molecule has 0 saturated heterocycles. The van der Waals surface area contributed by atoms with Crippen molar-refractivity contribution in [2.75, 3.05) is 13.7 Å². The topological polar surface area (TPSA) is 30.5 Å². The fraction of sp³-hybridized carbons (Fsp3) is 0.571. The van der Waals surface area contributed by atoms with Crippen LogP contribution in [0.3, 0.4) is 0 Å². The van der Waals surface area contributed by atoms with Crippen LogP contribution in [0.5, 0.6) is 11.5 Å². The van der Waals surface area contributed by atoms with Crippen molar-refractivity contribution < 1.29 is 9.47 Å². The summed E-state index contributed by atoms with van der Waals surface area (Å²) in [4.78, 5) is 0. The molecule has 2 atom stereocenters. The first-order valence-electron chi connectivity index (χ1n) is 6.25. The first-order chi connectivity index (χ1) is 8.21. The average molecular weight is 237 g/mol. The summed E-state index contributed by atoms with van der Waals surface area (Å²) in [5.41, 5.74) is 0. The summed E-state index contributed by atoms with van der Waals surface area (Å²) in [6, 6.07) is 8.09. The van der Waals surface area contributed by atoms with Gasteiger partial charge in [-0.15, -0.1) is 0 Å². The van der Waals surface area contributed by atoms with Gasteiger partial charge in [0.1, 0.15) is 17.6 Å². The molecule has 0 saturated carbocycles. The number of ether oxygens (including phenoxy) is 2. The van der Waals surface area contributed by atoms with Gasteiger partial charge in [-0.3, -0.25) is 0 Å². The molecule has 0 aliphatic rings. The van der Waals surface area contributed by atoms with E-state index in [1.165, 1.54) is 0 Å². The molecule has 0 amide bonds. The molecule has 1 aromatic rings. The van der Waals surface area contributed by atoms with Crippen LogP contribution >= 0.6 is 0 Å². The molecule has 0 bridgehead atoms. The lowest BCUT2D eigenvalue weighted by Gasteiger charge is -2.24. The highest BCUT2D eigenvalue weighted by molar-refractivity contribution is 5.31. The Morgan fingerprint density at radius 3 is 2.18 bits per heavy atom. The highest BCUT2D eigenvalue weighted by Crippen LogP contribution is 2.19. The van der Waals surface area contributed by atoms with Gasteiger partial charge in [-0.2, -0.15) is 0 Å². The van der Waals surface area contributed by atoms with Crippen LogP contribution in [0.15, 0.2) is 24.3 Å². The van der Waals surface area contributed by atoms with Crippen LogP contribution in [0.1, 0.15) is 27.2 Å². The predicted octanol–water partition coefficient (Wildman–Crippen LogP) is 2.85. The second kappa shape index (κ2) is 7.17. The smallest absolute Gasteiger partial charge is 0.120 e. The molecule has 2 unspecified atom stereocenters. The fourth-order valence-corrected chi connectivity index (χ4v) is 1.86. The molecule has 0 heterocycles. The zero-order valence-electron chi connectivity index (χ0n) is 11.2. The first-order valence-corrected chi connectivity index (χ1v) is 6.25. The number of hydrogen-bond donors (Lipinski definition) is 1. The van der Waals surface area contributed by atoms with Crippen molar-refractivity contribution in [1.82, 2.24) is 5.32 Å². The Labute approximate surface area is 104 Å². The SMILES string of the molecule is CCNC(CC)C(C)Oc1ccc(OC)cc1. The van der Waals surface area contributed by atoms with Crippen molar-refractivity contribution in [2.24, 2.45) is 0 Å². The summed E-state index contributed by atoms with van der Waals surface area (Å²) in [7, 11) is 1.66. The molecule has 1 aromatic carbocycles. The number of rotatable bonds is 7. The Morgan fingerprint density at radius 1 is 1.12 bits per heavy atom. The molecule has 0 spiro atoms. The van der Waals surface area contributed by atoms with Gasteiger partial charge in [-0.25, -0.2) is 0 Å². The van der Waals surface area contributed by atoms with E-state index in [0.717, 1.165) is 24.5 Å². The maximum Gasteiger partial charge on any atom is 0.120 e. The summed E-state index contributed by atoms with van der Waals surface area (Å²) in [5, 5.41) is 3.43. The van der Waals surface area contributed by atoms with Gasteiger partial charge in [0.2, 0.25) is 0 Å². The second-order valence-corrected chi connectivity index (χ2v) is 4.07. The third-order valence-electron chi connectivity index (χ3n) is 2.85. The normalized spacial score (nSPS) is 14.1. The van der Waals surface area contributed by atoms with Gasteiger partial charge in [0.05, 0.1) is 7.11 Å². The van der Waals surface area contributed by atoms with E-state index in [-0.39, 0.29) is 6.10 Å². The van der Waals surface area contributed by atoms with E-state index in [4.69, 9.17) is 9.47 Å². The van der Waals surface area contributed by atoms with Crippen LogP contribution in [0.2, 0.25) is 0 Å². The lowest BCUT2D eigenvalue weighted by molar-refractivity contribution is 0.168. The summed E-state index contributed by atoms with van der Waals surface area (Å²) in [6.07, 6.45) is 1.22. The van der Waals surface area contributed by atoms with Crippen LogP contribution in [0, 0.1) is 0 Å². The predicted molar refractivity (Wildman–Crippen MR) is 70.8 cm³/mol. The van der Waals surface area contributed by atoms with Crippen LogP contribution in [0.4, 0.5) is 0 Å². The molecule has 0 radical (unpaired) electrons. The number of nitrogens with one attached hydrogen (secondary N) is 1. The van der Waals surface area contributed by atoms with Crippen molar-refractivity contribution in [3.63, 3.8) is 0 Å². The van der Waals surface area contributed by atoms with Gasteiger partial charge >= 0.3 is 0 Å². The van der Waals surface area contributed by atoms with E-state index in [2.05, 4.69) is 26.1 Å². The minimum absolute atomic E-state index is 0.161. The zero-order valence-corrected chi connectivity index (χ0v) is 11.2. The van der Waals surface area contributed by atoms with Gasteiger partial charge in [0.15, 0.2) is 0 Å². The minimum atomic E-state index is 0.161. The van der Waals surface area contributed by atoms with E-state index in [0.29, 0.717) is 6.04 Å². The quantitative estimate of drug-likeness (QED) is 0.791. The van der Waals surface area contributed by atoms with Crippen molar-refractivity contribution in [3.05, 3.63) is 24.3 Å². The maximum absolute atomic E-state index is 5.90. The average Bonchev–Trinajstić information content (AvgIpc) is 2.36.